The molecule has 0 aliphatic carbocycles. The van der Waals surface area contributed by atoms with Gasteiger partial charge < -0.3 is 19.9 Å². The van der Waals surface area contributed by atoms with Crippen molar-refractivity contribution in [2.75, 3.05) is 42.6 Å². The minimum absolute atomic E-state index is 0.0728. The van der Waals surface area contributed by atoms with Gasteiger partial charge in [-0.3, -0.25) is 4.79 Å². The van der Waals surface area contributed by atoms with E-state index >= 15 is 0 Å². The number of carbonyl (C=O) groups is 1. The number of hydrogen-bond acceptors (Lipinski definition) is 4. The van der Waals surface area contributed by atoms with Gasteiger partial charge in [-0.2, -0.15) is 0 Å². The number of halogens is 1. The fourth-order valence-electron chi connectivity index (χ4n) is 5.09. The highest BCUT2D eigenvalue weighted by atomic mass is 35.5. The third-order valence-corrected chi connectivity index (χ3v) is 6.93. The van der Waals surface area contributed by atoms with Gasteiger partial charge in [-0.15, -0.1) is 0 Å². The van der Waals surface area contributed by atoms with E-state index in [0.717, 1.165) is 56.2 Å². The van der Waals surface area contributed by atoms with Crippen molar-refractivity contribution in [3.8, 4) is 0 Å². The molecule has 5 rings (SSSR count). The number of carbonyl (C=O) groups excluding carboxylic acids is 1. The Labute approximate surface area is 182 Å². The molecule has 2 aromatic rings. The lowest BCUT2D eigenvalue weighted by molar-refractivity contribution is -0.126. The predicted octanol–water partition coefficient (Wildman–Crippen LogP) is 3.50. The van der Waals surface area contributed by atoms with Gasteiger partial charge in [0.2, 0.25) is 5.91 Å². The molecule has 3 atom stereocenters. The van der Waals surface area contributed by atoms with Gasteiger partial charge in [0.25, 0.3) is 0 Å². The van der Waals surface area contributed by atoms with Crippen molar-refractivity contribution < 1.29 is 9.53 Å². The van der Waals surface area contributed by atoms with Crippen LogP contribution in [0.1, 0.15) is 18.4 Å². The molecule has 0 spiro atoms. The molecule has 5 nitrogen and oxygen atoms in total. The largest absolute Gasteiger partial charge is 0.376 e. The molecule has 3 aliphatic rings. The van der Waals surface area contributed by atoms with Crippen LogP contribution < -0.4 is 15.1 Å². The molecule has 30 heavy (non-hydrogen) atoms. The van der Waals surface area contributed by atoms with Crippen LogP contribution in [0.2, 0.25) is 5.02 Å². The summed E-state index contributed by atoms with van der Waals surface area (Å²) in [5.74, 6) is 0.0735. The van der Waals surface area contributed by atoms with Crippen LogP contribution in [0, 0.1) is 5.92 Å². The van der Waals surface area contributed by atoms with Crippen molar-refractivity contribution in [1.29, 1.82) is 0 Å². The zero-order chi connectivity index (χ0) is 20.5. The lowest BCUT2D eigenvalue weighted by atomic mass is 9.83. The van der Waals surface area contributed by atoms with Gasteiger partial charge in [0.05, 0.1) is 18.1 Å². The molecule has 2 saturated heterocycles. The molecular weight excluding hydrogens is 398 g/mol. The summed E-state index contributed by atoms with van der Waals surface area (Å²) >= 11 is 6.08. The van der Waals surface area contributed by atoms with Crippen molar-refractivity contribution in [2.45, 2.75) is 31.4 Å². The highest BCUT2D eigenvalue weighted by Gasteiger charge is 2.41. The Morgan fingerprint density at radius 3 is 2.77 bits per heavy atom. The minimum atomic E-state index is -0.0728. The van der Waals surface area contributed by atoms with E-state index in [2.05, 4.69) is 51.5 Å². The van der Waals surface area contributed by atoms with E-state index in [0.29, 0.717) is 6.54 Å². The third kappa shape index (κ3) is 3.88. The van der Waals surface area contributed by atoms with Crippen LogP contribution in [0.5, 0.6) is 0 Å². The molecule has 1 amide bonds. The first-order valence-electron chi connectivity index (χ1n) is 10.9. The molecule has 0 bridgehead atoms. The maximum atomic E-state index is 13.3. The number of benzene rings is 2. The Morgan fingerprint density at radius 2 is 1.97 bits per heavy atom. The first kappa shape index (κ1) is 19.7. The van der Waals surface area contributed by atoms with E-state index < -0.39 is 0 Å². The zero-order valence-corrected chi connectivity index (χ0v) is 17.9. The number of nitrogens with zero attached hydrogens (tertiary/aromatic N) is 2. The minimum Gasteiger partial charge on any atom is -0.376 e. The number of anilines is 2. The summed E-state index contributed by atoms with van der Waals surface area (Å²) in [6.07, 6.45) is 3.07. The summed E-state index contributed by atoms with van der Waals surface area (Å²) in [6, 6.07) is 16.7. The second-order valence-corrected chi connectivity index (χ2v) is 8.94. The average Bonchev–Trinajstić information content (AvgIpc) is 3.31. The number of rotatable bonds is 4. The van der Waals surface area contributed by atoms with Crippen LogP contribution in [0.3, 0.4) is 0 Å². The Hall–Kier alpha value is -2.24. The van der Waals surface area contributed by atoms with Crippen LogP contribution in [-0.4, -0.2) is 50.8 Å². The SMILES string of the molecule is O=C(NCC1CCCO1)C1Cc2ccccc2N2CCN(c3ccc(Cl)cc3)CC12. The average molecular weight is 426 g/mol. The van der Waals surface area contributed by atoms with Gasteiger partial charge in [0.15, 0.2) is 0 Å². The summed E-state index contributed by atoms with van der Waals surface area (Å²) in [4.78, 5) is 18.1. The normalized spacial score (nSPS) is 25.6. The first-order valence-corrected chi connectivity index (χ1v) is 11.3. The highest BCUT2D eigenvalue weighted by molar-refractivity contribution is 6.30. The second-order valence-electron chi connectivity index (χ2n) is 8.50. The maximum absolute atomic E-state index is 13.3. The van der Waals surface area contributed by atoms with Gasteiger partial charge in [0.1, 0.15) is 0 Å². The Balaban J connectivity index is 1.37. The topological polar surface area (TPSA) is 44.8 Å². The molecular formula is C24H28ClN3O2. The molecule has 158 valence electrons. The van der Waals surface area contributed by atoms with Crippen LogP contribution in [0.15, 0.2) is 48.5 Å². The number of piperazine rings is 1. The van der Waals surface area contributed by atoms with E-state index in [4.69, 9.17) is 16.3 Å². The summed E-state index contributed by atoms with van der Waals surface area (Å²) in [6.45, 7) is 4.08. The summed E-state index contributed by atoms with van der Waals surface area (Å²) in [5.41, 5.74) is 3.71. The third-order valence-electron chi connectivity index (χ3n) is 6.68. The second kappa shape index (κ2) is 8.48. The van der Waals surface area contributed by atoms with Gasteiger partial charge in [-0.25, -0.2) is 0 Å². The van der Waals surface area contributed by atoms with Crippen molar-refractivity contribution in [1.82, 2.24) is 5.32 Å². The summed E-state index contributed by atoms with van der Waals surface area (Å²) in [5, 5.41) is 3.94. The molecule has 0 aromatic heterocycles. The van der Waals surface area contributed by atoms with Crippen LogP contribution >= 0.6 is 11.6 Å². The monoisotopic (exact) mass is 425 g/mol. The number of nitrogens with one attached hydrogen (secondary N) is 1. The summed E-state index contributed by atoms with van der Waals surface area (Å²) < 4.78 is 5.69. The molecule has 3 aliphatic heterocycles. The lowest BCUT2D eigenvalue weighted by Crippen LogP contribution is -2.61. The summed E-state index contributed by atoms with van der Waals surface area (Å²) in [7, 11) is 0. The van der Waals surface area contributed by atoms with Crippen LogP contribution in [0.4, 0.5) is 11.4 Å². The molecule has 0 radical (unpaired) electrons. The van der Waals surface area contributed by atoms with E-state index in [1.165, 1.54) is 11.3 Å². The number of ether oxygens (including phenoxy) is 1. The molecule has 3 unspecified atom stereocenters. The van der Waals surface area contributed by atoms with E-state index in [1.54, 1.807) is 0 Å². The first-order chi connectivity index (χ1) is 14.7. The van der Waals surface area contributed by atoms with Gasteiger partial charge in [-0.05, 0) is 55.2 Å². The van der Waals surface area contributed by atoms with Crippen LogP contribution in [-0.2, 0) is 16.0 Å². The van der Waals surface area contributed by atoms with Crippen molar-refractivity contribution in [2.24, 2.45) is 5.92 Å². The van der Waals surface area contributed by atoms with Gasteiger partial charge in [-0.1, -0.05) is 29.8 Å². The molecule has 0 saturated carbocycles. The fourth-order valence-corrected chi connectivity index (χ4v) is 5.22. The van der Waals surface area contributed by atoms with E-state index in [-0.39, 0.29) is 24.0 Å². The number of hydrogen-bond donors (Lipinski definition) is 1. The predicted molar refractivity (Wildman–Crippen MR) is 120 cm³/mol. The molecule has 2 fully saturated rings. The zero-order valence-electron chi connectivity index (χ0n) is 17.1. The molecule has 3 heterocycles. The van der Waals surface area contributed by atoms with Crippen LogP contribution in [0.25, 0.3) is 0 Å². The maximum Gasteiger partial charge on any atom is 0.225 e. The smallest absolute Gasteiger partial charge is 0.225 e. The Bertz CT molecular complexity index is 898. The molecule has 1 N–H and O–H groups in total. The number of fused-ring (bicyclic) bond motifs is 3. The van der Waals surface area contributed by atoms with E-state index in [9.17, 15) is 4.79 Å². The Morgan fingerprint density at radius 1 is 1.13 bits per heavy atom. The highest BCUT2D eigenvalue weighted by Crippen LogP contribution is 2.37. The van der Waals surface area contributed by atoms with Crippen molar-refractivity contribution >= 4 is 28.9 Å². The van der Waals surface area contributed by atoms with Crippen molar-refractivity contribution in [3.05, 3.63) is 59.1 Å². The van der Waals surface area contributed by atoms with E-state index in [1.807, 2.05) is 12.1 Å². The Kier molecular flexibility index (Phi) is 5.57. The lowest BCUT2D eigenvalue weighted by Gasteiger charge is -2.49. The molecule has 6 heteroatoms. The number of amides is 1. The molecule has 2 aromatic carbocycles. The fraction of sp³-hybridized carbons (Fsp3) is 0.458. The van der Waals surface area contributed by atoms with Crippen molar-refractivity contribution in [3.63, 3.8) is 0 Å². The van der Waals surface area contributed by atoms with Gasteiger partial charge >= 0.3 is 0 Å². The van der Waals surface area contributed by atoms with Gasteiger partial charge in [0, 0.05) is 49.2 Å². The number of para-hydroxylation sites is 1. The quantitative estimate of drug-likeness (QED) is 0.814. The standard InChI is InChI=1S/C24H28ClN3O2/c25-18-7-9-19(10-8-18)27-11-12-28-22-6-2-1-4-17(22)14-21(23(28)16-27)24(29)26-15-20-5-3-13-30-20/h1-2,4,6-10,20-21,23H,3,5,11-16H2,(H,26,29).